The van der Waals surface area contributed by atoms with Crippen LogP contribution in [0.3, 0.4) is 0 Å². The lowest BCUT2D eigenvalue weighted by molar-refractivity contribution is -0.119. The molecular weight excluding hydrogens is 572 g/mol. The van der Waals surface area contributed by atoms with Crippen molar-refractivity contribution in [1.82, 2.24) is 4.90 Å². The Bertz CT molecular complexity index is 1400. The molecule has 0 aromatic heterocycles. The molecule has 0 N–H and O–H groups in total. The third-order valence-corrected chi connectivity index (χ3v) is 9.72. The Morgan fingerprint density at radius 3 is 2.34 bits per heavy atom. The Kier molecular flexibility index (Phi) is 15.2. The fourth-order valence-electron chi connectivity index (χ4n) is 6.33. The summed E-state index contributed by atoms with van der Waals surface area (Å²) in [5, 5.41) is 0. The highest BCUT2D eigenvalue weighted by atomic mass is 16.1. The maximum absolute atomic E-state index is 12.4. The summed E-state index contributed by atoms with van der Waals surface area (Å²) >= 11 is 0. The van der Waals surface area contributed by atoms with E-state index in [1.54, 1.807) is 5.57 Å². The summed E-state index contributed by atoms with van der Waals surface area (Å²) in [5.74, 6) is 0.658. The van der Waals surface area contributed by atoms with Gasteiger partial charge >= 0.3 is 0 Å². The number of ketones is 1. The van der Waals surface area contributed by atoms with Crippen LogP contribution in [0.15, 0.2) is 107 Å². The van der Waals surface area contributed by atoms with Gasteiger partial charge in [-0.3, -0.25) is 9.79 Å². The van der Waals surface area contributed by atoms with E-state index in [0.717, 1.165) is 88.4 Å². The van der Waals surface area contributed by atoms with E-state index in [1.807, 2.05) is 13.3 Å². The minimum absolute atomic E-state index is 0.149. The van der Waals surface area contributed by atoms with Gasteiger partial charge in [0.05, 0.1) is 0 Å². The van der Waals surface area contributed by atoms with Crippen LogP contribution in [0.5, 0.6) is 0 Å². The average molecular weight is 635 g/mol. The van der Waals surface area contributed by atoms with Crippen molar-refractivity contribution in [2.75, 3.05) is 20.1 Å². The zero-order valence-corrected chi connectivity index (χ0v) is 30.6. The van der Waals surface area contributed by atoms with Gasteiger partial charge < -0.3 is 4.90 Å². The molecular formula is C44H62N2O. The molecule has 1 aromatic rings. The summed E-state index contributed by atoms with van der Waals surface area (Å²) in [6, 6.07) is 9.14. The van der Waals surface area contributed by atoms with E-state index in [1.165, 1.54) is 40.0 Å². The molecule has 0 heterocycles. The number of aliphatic imine (C=N–C) groups is 1. The monoisotopic (exact) mass is 634 g/mol. The lowest BCUT2D eigenvalue weighted by atomic mass is 9.80. The van der Waals surface area contributed by atoms with Gasteiger partial charge in [-0.15, -0.1) is 0 Å². The second-order valence-electron chi connectivity index (χ2n) is 14.3. The third-order valence-electron chi connectivity index (χ3n) is 9.72. The number of carbonyl (C=O) groups excluding carboxylic acids is 1. The standard InChI is InChI=1S/C44H62N2O/c1-10-13-36(22-25-44(7,8)35(6)12-3)14-15-37-16-18-38(19-17-37)40-29-34(5)30-41(32-40)42(23-26-45-9)46(27-11-2)28-24-33(4)31-43(47)39-20-21-39/h16-19,22-23,26,29,32,39H,4-6,10-15,20-21,24-25,27-28,30-31H2,1-3,7-9H3/b36-22+,42-23+,45-26?. The number of carbonyl (C=O) groups is 1. The Morgan fingerprint density at radius 2 is 1.72 bits per heavy atom. The molecule has 0 saturated heterocycles. The van der Waals surface area contributed by atoms with Gasteiger partial charge in [-0.2, -0.15) is 0 Å². The Morgan fingerprint density at radius 1 is 1.00 bits per heavy atom. The maximum Gasteiger partial charge on any atom is 0.139 e. The van der Waals surface area contributed by atoms with Gasteiger partial charge in [0, 0.05) is 44.4 Å². The lowest BCUT2D eigenvalue weighted by Crippen LogP contribution is -2.27. The molecule has 254 valence electrons. The normalized spacial score (nSPS) is 15.9. The van der Waals surface area contributed by atoms with Crippen LogP contribution in [0.25, 0.3) is 5.57 Å². The minimum Gasteiger partial charge on any atom is -0.371 e. The van der Waals surface area contributed by atoms with Crippen molar-refractivity contribution >= 4 is 17.6 Å². The minimum atomic E-state index is 0.149. The molecule has 0 bridgehead atoms. The molecule has 0 spiro atoms. The fraction of sp³-hybridized carbons (Fsp3) is 0.500. The number of hydrogen-bond acceptors (Lipinski definition) is 3. The number of allylic oxidation sites excluding steroid dienone is 9. The number of benzene rings is 1. The van der Waals surface area contributed by atoms with Crippen LogP contribution >= 0.6 is 0 Å². The first-order chi connectivity index (χ1) is 22.5. The van der Waals surface area contributed by atoms with Gasteiger partial charge in [-0.25, -0.2) is 0 Å². The van der Waals surface area contributed by atoms with Crippen molar-refractivity contribution in [3.05, 3.63) is 113 Å². The number of aryl methyl sites for hydroxylation is 1. The number of nitrogens with zero attached hydrogens (tertiary/aromatic N) is 2. The van der Waals surface area contributed by atoms with Gasteiger partial charge in [0.1, 0.15) is 5.78 Å². The summed E-state index contributed by atoms with van der Waals surface area (Å²) in [6.45, 7) is 26.1. The Balaban J connectivity index is 1.74. The molecule has 1 saturated carbocycles. The molecule has 1 fully saturated rings. The Labute approximate surface area is 287 Å². The molecule has 0 aliphatic heterocycles. The molecule has 0 unspecified atom stereocenters. The first-order valence-electron chi connectivity index (χ1n) is 18.1. The van der Waals surface area contributed by atoms with Gasteiger partial charge in [0.15, 0.2) is 0 Å². The lowest BCUT2D eigenvalue weighted by Gasteiger charge is -2.31. The predicted octanol–water partition coefficient (Wildman–Crippen LogP) is 11.6. The second kappa shape index (κ2) is 18.8. The molecule has 0 atom stereocenters. The zero-order valence-electron chi connectivity index (χ0n) is 30.6. The van der Waals surface area contributed by atoms with Crippen molar-refractivity contribution < 1.29 is 4.79 Å². The number of hydrogen-bond donors (Lipinski definition) is 0. The topological polar surface area (TPSA) is 32.7 Å². The molecule has 0 amide bonds. The van der Waals surface area contributed by atoms with Crippen LogP contribution in [-0.4, -0.2) is 37.0 Å². The highest BCUT2D eigenvalue weighted by molar-refractivity contribution is 5.85. The highest BCUT2D eigenvalue weighted by Crippen LogP contribution is 2.35. The van der Waals surface area contributed by atoms with Crippen LogP contribution < -0.4 is 0 Å². The zero-order chi connectivity index (χ0) is 34.4. The summed E-state index contributed by atoms with van der Waals surface area (Å²) in [6.07, 6.45) is 23.0. The fourth-order valence-corrected chi connectivity index (χ4v) is 6.33. The van der Waals surface area contributed by atoms with Crippen molar-refractivity contribution in [1.29, 1.82) is 0 Å². The SMILES string of the molecule is C=C1C=C(c2ccc(CC/C(=C/CC(C)(C)C(=C)CC)CCC)cc2)C=C(/C(=C\C=NC)N(CCC)CCC(=C)CC(=O)C2CC2)C1. The van der Waals surface area contributed by atoms with Crippen LogP contribution in [-0.2, 0) is 11.2 Å². The number of rotatable bonds is 21. The predicted molar refractivity (Wildman–Crippen MR) is 206 cm³/mol. The molecule has 0 radical (unpaired) electrons. The smallest absolute Gasteiger partial charge is 0.139 e. The molecule has 3 heteroatoms. The van der Waals surface area contributed by atoms with E-state index in [0.29, 0.717) is 12.2 Å². The van der Waals surface area contributed by atoms with Crippen LogP contribution in [0.2, 0.25) is 0 Å². The van der Waals surface area contributed by atoms with E-state index in [9.17, 15) is 4.79 Å². The molecule has 3 rings (SSSR count). The highest BCUT2D eigenvalue weighted by Gasteiger charge is 2.29. The van der Waals surface area contributed by atoms with Crippen LogP contribution in [0, 0.1) is 11.3 Å². The molecule has 47 heavy (non-hydrogen) atoms. The van der Waals surface area contributed by atoms with Gasteiger partial charge in [0.25, 0.3) is 0 Å². The first-order valence-corrected chi connectivity index (χ1v) is 18.1. The van der Waals surface area contributed by atoms with E-state index in [-0.39, 0.29) is 11.3 Å². The van der Waals surface area contributed by atoms with E-state index >= 15 is 0 Å². The third kappa shape index (κ3) is 12.3. The largest absolute Gasteiger partial charge is 0.371 e. The number of Topliss-reactive ketones (excluding diaryl/α,β-unsaturated/α-hetero) is 1. The molecule has 2 aliphatic rings. The summed E-state index contributed by atoms with van der Waals surface area (Å²) in [7, 11) is 1.82. The van der Waals surface area contributed by atoms with E-state index in [4.69, 9.17) is 0 Å². The maximum atomic E-state index is 12.4. The summed E-state index contributed by atoms with van der Waals surface area (Å²) in [4.78, 5) is 19.1. The quantitative estimate of drug-likeness (QED) is 0.0995. The summed E-state index contributed by atoms with van der Waals surface area (Å²) < 4.78 is 0. The second-order valence-corrected chi connectivity index (χ2v) is 14.3. The van der Waals surface area contributed by atoms with Crippen LogP contribution in [0.4, 0.5) is 0 Å². The van der Waals surface area contributed by atoms with E-state index < -0.39 is 0 Å². The van der Waals surface area contributed by atoms with Crippen molar-refractivity contribution in [2.24, 2.45) is 16.3 Å². The average Bonchev–Trinajstić information content (AvgIpc) is 3.91. The first kappa shape index (κ1) is 38.0. The molecule has 1 aromatic carbocycles. The van der Waals surface area contributed by atoms with Crippen molar-refractivity contribution in [3.63, 3.8) is 0 Å². The summed E-state index contributed by atoms with van der Waals surface area (Å²) in [5.41, 5.74) is 11.4. The Hall–Kier alpha value is -3.46. The van der Waals surface area contributed by atoms with Gasteiger partial charge in [0.2, 0.25) is 0 Å². The van der Waals surface area contributed by atoms with Crippen molar-refractivity contribution in [2.45, 2.75) is 112 Å². The molecule has 3 nitrogen and oxygen atoms in total. The van der Waals surface area contributed by atoms with Crippen LogP contribution in [0.1, 0.15) is 116 Å². The van der Waals surface area contributed by atoms with E-state index in [2.05, 4.69) is 113 Å². The van der Waals surface area contributed by atoms with Crippen molar-refractivity contribution in [3.8, 4) is 0 Å². The van der Waals surface area contributed by atoms with Gasteiger partial charge in [-0.05, 0) is 104 Å². The molecule has 2 aliphatic carbocycles. The van der Waals surface area contributed by atoms with Gasteiger partial charge in [-0.1, -0.05) is 119 Å².